The van der Waals surface area contributed by atoms with Gasteiger partial charge in [0.15, 0.2) is 5.82 Å². The molecule has 4 rings (SSSR count). The Hall–Kier alpha value is -2.28. The number of rotatable bonds is 5. The molecule has 26 heavy (non-hydrogen) atoms. The number of para-hydroxylation sites is 1. The lowest BCUT2D eigenvalue weighted by Crippen LogP contribution is -2.46. The van der Waals surface area contributed by atoms with Gasteiger partial charge in [-0.3, -0.25) is 9.69 Å². The molecule has 1 aromatic carbocycles. The predicted molar refractivity (Wildman–Crippen MR) is 97.6 cm³/mol. The maximum absolute atomic E-state index is 12.7. The molecule has 7 nitrogen and oxygen atoms in total. The first-order valence-electron chi connectivity index (χ1n) is 9.66. The lowest BCUT2D eigenvalue weighted by atomic mass is 9.95. The number of carbonyl (C=O) groups excluding carboxylic acids is 1. The van der Waals surface area contributed by atoms with Crippen LogP contribution in [0.25, 0.3) is 5.69 Å². The van der Waals surface area contributed by atoms with E-state index in [1.165, 1.54) is 25.7 Å². The molecule has 1 amide bonds. The maximum atomic E-state index is 12.7. The Morgan fingerprint density at radius 2 is 1.92 bits per heavy atom. The van der Waals surface area contributed by atoms with E-state index in [0.29, 0.717) is 18.4 Å². The van der Waals surface area contributed by atoms with Gasteiger partial charge >= 0.3 is 0 Å². The second-order valence-electron chi connectivity index (χ2n) is 7.33. The van der Waals surface area contributed by atoms with Crippen LogP contribution in [-0.2, 0) is 11.3 Å². The molecule has 1 aliphatic carbocycles. The predicted octanol–water partition coefficient (Wildman–Crippen LogP) is 1.93. The summed E-state index contributed by atoms with van der Waals surface area (Å²) in [6.07, 6.45) is 7.33. The van der Waals surface area contributed by atoms with Crippen LogP contribution >= 0.6 is 0 Å². The van der Waals surface area contributed by atoms with E-state index in [-0.39, 0.29) is 11.8 Å². The van der Waals surface area contributed by atoms with Crippen LogP contribution in [0.3, 0.4) is 0 Å². The molecule has 0 radical (unpaired) electrons. The Morgan fingerprint density at radius 1 is 1.12 bits per heavy atom. The van der Waals surface area contributed by atoms with E-state index < -0.39 is 0 Å². The molecule has 2 aromatic rings. The number of piperidine rings is 1. The van der Waals surface area contributed by atoms with Gasteiger partial charge in [0.25, 0.3) is 0 Å². The van der Waals surface area contributed by atoms with Crippen LogP contribution in [0.5, 0.6) is 0 Å². The molecule has 138 valence electrons. The van der Waals surface area contributed by atoms with Crippen molar-refractivity contribution in [3.8, 4) is 5.69 Å². The molecule has 1 aliphatic heterocycles. The number of hydrogen-bond acceptors (Lipinski definition) is 5. The van der Waals surface area contributed by atoms with Gasteiger partial charge in [-0.05, 0) is 54.8 Å². The third-order valence-corrected chi connectivity index (χ3v) is 5.62. The van der Waals surface area contributed by atoms with Crippen molar-refractivity contribution in [2.24, 2.45) is 5.92 Å². The van der Waals surface area contributed by atoms with Crippen molar-refractivity contribution in [2.45, 2.75) is 51.1 Å². The van der Waals surface area contributed by atoms with Gasteiger partial charge < -0.3 is 5.32 Å². The number of amides is 1. The molecule has 2 fully saturated rings. The Morgan fingerprint density at radius 3 is 2.73 bits per heavy atom. The van der Waals surface area contributed by atoms with E-state index in [9.17, 15) is 4.79 Å². The van der Waals surface area contributed by atoms with Crippen LogP contribution in [0.1, 0.15) is 44.3 Å². The molecule has 0 spiro atoms. The highest BCUT2D eigenvalue weighted by molar-refractivity contribution is 5.78. The van der Waals surface area contributed by atoms with Crippen molar-refractivity contribution in [1.82, 2.24) is 30.4 Å². The van der Waals surface area contributed by atoms with E-state index in [0.717, 1.165) is 31.6 Å². The van der Waals surface area contributed by atoms with Gasteiger partial charge in [0.2, 0.25) is 5.91 Å². The minimum Gasteiger partial charge on any atom is -0.348 e. The molecule has 2 aliphatic rings. The zero-order chi connectivity index (χ0) is 17.8. The largest absolute Gasteiger partial charge is 0.348 e. The minimum atomic E-state index is 0.0744. The molecular weight excluding hydrogens is 328 g/mol. The molecular formula is C19H26N6O. The number of tetrazole rings is 1. The number of likely N-dealkylation sites (tertiary alicyclic amines) is 1. The Balaban J connectivity index is 1.35. The van der Waals surface area contributed by atoms with Gasteiger partial charge in [0.1, 0.15) is 0 Å². The fourth-order valence-electron chi connectivity index (χ4n) is 4.22. The first-order chi connectivity index (χ1) is 12.8. The van der Waals surface area contributed by atoms with Crippen LogP contribution in [0, 0.1) is 5.92 Å². The quantitative estimate of drug-likeness (QED) is 0.888. The molecule has 1 aromatic heterocycles. The monoisotopic (exact) mass is 354 g/mol. The van der Waals surface area contributed by atoms with Gasteiger partial charge in [0.05, 0.1) is 18.2 Å². The first kappa shape index (κ1) is 17.1. The van der Waals surface area contributed by atoms with E-state index in [4.69, 9.17) is 0 Å². The topological polar surface area (TPSA) is 75.9 Å². The molecule has 1 atom stereocenters. The highest BCUT2D eigenvalue weighted by atomic mass is 16.1. The summed E-state index contributed by atoms with van der Waals surface area (Å²) in [5.41, 5.74) is 0.895. The number of hydrogen-bond donors (Lipinski definition) is 1. The SMILES string of the molecule is O=C(NCc1nnnn1-c1ccccc1)[C@@H]1CCCN(C2CCCC2)C1. The first-order valence-corrected chi connectivity index (χ1v) is 9.66. The Bertz CT molecular complexity index is 725. The minimum absolute atomic E-state index is 0.0744. The molecule has 1 saturated carbocycles. The highest BCUT2D eigenvalue weighted by Crippen LogP contribution is 2.28. The van der Waals surface area contributed by atoms with Crippen LogP contribution in [0.2, 0.25) is 0 Å². The molecule has 0 unspecified atom stereocenters. The maximum Gasteiger partial charge on any atom is 0.224 e. The lowest BCUT2D eigenvalue weighted by Gasteiger charge is -2.36. The standard InChI is InChI=1S/C19H26N6O/c26-19(15-7-6-12-24(14-15)16-8-4-5-9-16)20-13-18-21-22-23-25(18)17-10-2-1-3-11-17/h1-3,10-11,15-16H,4-9,12-14H2,(H,20,26)/t15-/m1/s1. The summed E-state index contributed by atoms with van der Waals surface area (Å²) in [5.74, 6) is 0.841. The van der Waals surface area contributed by atoms with Gasteiger partial charge in [-0.25, -0.2) is 0 Å². The second kappa shape index (κ2) is 7.95. The van der Waals surface area contributed by atoms with E-state index in [1.807, 2.05) is 30.3 Å². The van der Waals surface area contributed by atoms with Crippen molar-refractivity contribution in [3.05, 3.63) is 36.2 Å². The van der Waals surface area contributed by atoms with E-state index in [2.05, 4.69) is 25.7 Å². The molecule has 7 heteroatoms. The van der Waals surface area contributed by atoms with Gasteiger partial charge in [-0.1, -0.05) is 31.0 Å². The van der Waals surface area contributed by atoms with E-state index in [1.54, 1.807) is 4.68 Å². The third-order valence-electron chi connectivity index (χ3n) is 5.62. The second-order valence-corrected chi connectivity index (χ2v) is 7.33. The van der Waals surface area contributed by atoms with Gasteiger partial charge in [-0.2, -0.15) is 4.68 Å². The lowest BCUT2D eigenvalue weighted by molar-refractivity contribution is -0.127. The smallest absolute Gasteiger partial charge is 0.224 e. The van der Waals surface area contributed by atoms with Crippen molar-refractivity contribution >= 4 is 5.91 Å². The van der Waals surface area contributed by atoms with Gasteiger partial charge in [-0.15, -0.1) is 5.10 Å². The molecule has 1 saturated heterocycles. The fourth-order valence-corrected chi connectivity index (χ4v) is 4.22. The Kier molecular flexibility index (Phi) is 5.24. The Labute approximate surface area is 153 Å². The summed E-state index contributed by atoms with van der Waals surface area (Å²) >= 11 is 0. The highest BCUT2D eigenvalue weighted by Gasteiger charge is 2.31. The van der Waals surface area contributed by atoms with Crippen molar-refractivity contribution < 1.29 is 4.79 Å². The van der Waals surface area contributed by atoms with Crippen molar-refractivity contribution in [2.75, 3.05) is 13.1 Å². The number of carbonyl (C=O) groups is 1. The van der Waals surface area contributed by atoms with Crippen molar-refractivity contribution in [1.29, 1.82) is 0 Å². The normalized spacial score (nSPS) is 21.8. The van der Waals surface area contributed by atoms with Crippen molar-refractivity contribution in [3.63, 3.8) is 0 Å². The summed E-state index contributed by atoms with van der Waals surface area (Å²) < 4.78 is 1.67. The number of nitrogens with zero attached hydrogens (tertiary/aromatic N) is 5. The summed E-state index contributed by atoms with van der Waals surface area (Å²) in [5, 5.41) is 14.9. The van der Waals surface area contributed by atoms with Gasteiger partial charge in [0, 0.05) is 12.6 Å². The van der Waals surface area contributed by atoms with E-state index >= 15 is 0 Å². The summed E-state index contributed by atoms with van der Waals surface area (Å²) in [4.78, 5) is 15.2. The average Bonchev–Trinajstić information content (AvgIpc) is 3.39. The summed E-state index contributed by atoms with van der Waals surface area (Å²) in [6, 6.07) is 10.4. The molecule has 0 bridgehead atoms. The van der Waals surface area contributed by atoms with Crippen LogP contribution in [0.15, 0.2) is 30.3 Å². The number of benzene rings is 1. The summed E-state index contributed by atoms with van der Waals surface area (Å²) in [6.45, 7) is 2.38. The zero-order valence-corrected chi connectivity index (χ0v) is 15.0. The average molecular weight is 354 g/mol. The molecule has 1 N–H and O–H groups in total. The van der Waals surface area contributed by atoms with Crippen LogP contribution < -0.4 is 5.32 Å². The number of nitrogens with one attached hydrogen (secondary N) is 1. The van der Waals surface area contributed by atoms with Crippen LogP contribution in [0.4, 0.5) is 0 Å². The summed E-state index contributed by atoms with van der Waals surface area (Å²) in [7, 11) is 0. The molecule has 2 heterocycles. The third kappa shape index (κ3) is 3.77. The zero-order valence-electron chi connectivity index (χ0n) is 15.0. The fraction of sp³-hybridized carbons (Fsp3) is 0.579. The van der Waals surface area contributed by atoms with Crippen LogP contribution in [-0.4, -0.2) is 50.1 Å². The number of aromatic nitrogens is 4.